The van der Waals surface area contributed by atoms with E-state index in [1.165, 1.54) is 17.5 Å². The van der Waals surface area contributed by atoms with Crippen LogP contribution in [0.25, 0.3) is 0 Å². The van der Waals surface area contributed by atoms with Crippen LogP contribution in [0.4, 0.5) is 0 Å². The molecule has 1 unspecified atom stereocenters. The second-order valence-electron chi connectivity index (χ2n) is 4.48. The Morgan fingerprint density at radius 3 is 2.69 bits per heavy atom. The molecule has 2 N–H and O–H groups in total. The molecule has 1 aromatic rings. The average molecular weight is 237 g/mol. The normalized spacial score (nSPS) is 13.1. The Labute approximate surface area is 104 Å². The van der Waals surface area contributed by atoms with Crippen LogP contribution < -0.4 is 5.73 Å². The molecule has 0 bridgehead atoms. The van der Waals surface area contributed by atoms with Crippen molar-refractivity contribution in [2.24, 2.45) is 5.73 Å². The van der Waals surface area contributed by atoms with E-state index in [0.29, 0.717) is 5.25 Å². The fraction of sp³-hybridized carbons (Fsp3) is 0.571. The third kappa shape index (κ3) is 4.58. The minimum atomic E-state index is 0.171. The summed E-state index contributed by atoms with van der Waals surface area (Å²) in [6.07, 6.45) is 2.34. The minimum absolute atomic E-state index is 0.171. The van der Waals surface area contributed by atoms with E-state index in [0.717, 1.165) is 12.2 Å². The van der Waals surface area contributed by atoms with E-state index in [-0.39, 0.29) is 6.04 Å². The van der Waals surface area contributed by atoms with Crippen molar-refractivity contribution in [1.29, 1.82) is 0 Å². The monoisotopic (exact) mass is 237 g/mol. The van der Waals surface area contributed by atoms with Gasteiger partial charge in [0.15, 0.2) is 0 Å². The molecule has 0 amide bonds. The quantitative estimate of drug-likeness (QED) is 0.815. The van der Waals surface area contributed by atoms with Gasteiger partial charge in [-0.2, -0.15) is 11.8 Å². The zero-order chi connectivity index (χ0) is 12.0. The van der Waals surface area contributed by atoms with Crippen LogP contribution in [-0.2, 0) is 6.42 Å². The third-order valence-corrected chi connectivity index (χ3v) is 3.75. The van der Waals surface area contributed by atoms with E-state index in [1.807, 2.05) is 11.8 Å². The van der Waals surface area contributed by atoms with Crippen molar-refractivity contribution in [3.63, 3.8) is 0 Å². The van der Waals surface area contributed by atoms with Crippen LogP contribution in [0.15, 0.2) is 24.3 Å². The van der Waals surface area contributed by atoms with Crippen LogP contribution in [-0.4, -0.2) is 11.0 Å². The topological polar surface area (TPSA) is 26.0 Å². The van der Waals surface area contributed by atoms with Crippen molar-refractivity contribution in [3.05, 3.63) is 35.4 Å². The number of thioether (sulfide) groups is 1. The highest BCUT2D eigenvalue weighted by Gasteiger charge is 2.07. The van der Waals surface area contributed by atoms with Crippen LogP contribution >= 0.6 is 11.8 Å². The lowest BCUT2D eigenvalue weighted by Crippen LogP contribution is -2.14. The molecular weight excluding hydrogens is 214 g/mol. The maximum Gasteiger partial charge on any atom is 0.0386 e. The van der Waals surface area contributed by atoms with Crippen LogP contribution in [0.5, 0.6) is 0 Å². The lowest BCUT2D eigenvalue weighted by atomic mass is 10.0. The van der Waals surface area contributed by atoms with Crippen molar-refractivity contribution in [3.8, 4) is 0 Å². The summed E-state index contributed by atoms with van der Waals surface area (Å²) in [6.45, 7) is 6.64. The Morgan fingerprint density at radius 2 is 2.06 bits per heavy atom. The molecule has 1 nitrogen and oxygen atoms in total. The highest BCUT2D eigenvalue weighted by atomic mass is 32.2. The van der Waals surface area contributed by atoms with Crippen molar-refractivity contribution >= 4 is 11.8 Å². The lowest BCUT2D eigenvalue weighted by Gasteiger charge is -2.14. The summed E-state index contributed by atoms with van der Waals surface area (Å²) in [7, 11) is 0. The molecule has 1 aromatic carbocycles. The molecule has 16 heavy (non-hydrogen) atoms. The Hall–Kier alpha value is -0.470. The third-order valence-electron chi connectivity index (χ3n) is 2.53. The number of hydrogen-bond acceptors (Lipinski definition) is 2. The van der Waals surface area contributed by atoms with Gasteiger partial charge in [-0.25, -0.2) is 0 Å². The molecule has 0 aromatic heterocycles. The SMILES string of the molecule is CCCc1cccc(C(N)CSC(C)C)c1. The first-order chi connectivity index (χ1) is 7.63. The summed E-state index contributed by atoms with van der Waals surface area (Å²) < 4.78 is 0. The van der Waals surface area contributed by atoms with E-state index >= 15 is 0 Å². The summed E-state index contributed by atoms with van der Waals surface area (Å²) in [4.78, 5) is 0. The smallest absolute Gasteiger partial charge is 0.0386 e. The van der Waals surface area contributed by atoms with Crippen molar-refractivity contribution in [1.82, 2.24) is 0 Å². The van der Waals surface area contributed by atoms with E-state index < -0.39 is 0 Å². The summed E-state index contributed by atoms with van der Waals surface area (Å²) in [6, 6.07) is 8.89. The predicted molar refractivity (Wildman–Crippen MR) is 75.0 cm³/mol. The number of nitrogens with two attached hydrogens (primary N) is 1. The molecule has 1 rings (SSSR count). The Kier molecular flexibility index (Phi) is 5.93. The molecule has 2 heteroatoms. The van der Waals surface area contributed by atoms with Gasteiger partial charge in [0.1, 0.15) is 0 Å². The van der Waals surface area contributed by atoms with Crippen LogP contribution in [0.2, 0.25) is 0 Å². The number of hydrogen-bond donors (Lipinski definition) is 1. The number of aryl methyl sites for hydroxylation is 1. The van der Waals surface area contributed by atoms with E-state index in [9.17, 15) is 0 Å². The van der Waals surface area contributed by atoms with Gasteiger partial charge in [0.2, 0.25) is 0 Å². The van der Waals surface area contributed by atoms with Gasteiger partial charge >= 0.3 is 0 Å². The first-order valence-corrected chi connectivity index (χ1v) is 7.14. The van der Waals surface area contributed by atoms with Gasteiger partial charge in [-0.05, 0) is 22.8 Å². The molecule has 0 radical (unpaired) electrons. The Bertz CT molecular complexity index is 309. The minimum Gasteiger partial charge on any atom is -0.323 e. The second-order valence-corrected chi connectivity index (χ2v) is 6.09. The molecule has 0 saturated carbocycles. The molecule has 1 atom stereocenters. The molecule has 0 aliphatic carbocycles. The summed E-state index contributed by atoms with van der Waals surface area (Å²) in [5.41, 5.74) is 8.87. The second kappa shape index (κ2) is 6.97. The lowest BCUT2D eigenvalue weighted by molar-refractivity contribution is 0.821. The number of rotatable bonds is 6. The van der Waals surface area contributed by atoms with Gasteiger partial charge in [0.25, 0.3) is 0 Å². The van der Waals surface area contributed by atoms with E-state index in [1.54, 1.807) is 0 Å². The fourth-order valence-electron chi connectivity index (χ4n) is 1.66. The number of benzene rings is 1. The van der Waals surface area contributed by atoms with Crippen LogP contribution in [0.3, 0.4) is 0 Å². The summed E-state index contributed by atoms with van der Waals surface area (Å²) >= 11 is 1.93. The maximum absolute atomic E-state index is 6.19. The van der Waals surface area contributed by atoms with Gasteiger partial charge in [0.05, 0.1) is 0 Å². The Balaban J connectivity index is 2.60. The molecular formula is C14H23NS. The zero-order valence-corrected chi connectivity index (χ0v) is 11.4. The molecule has 90 valence electrons. The fourth-order valence-corrected chi connectivity index (χ4v) is 2.44. The Morgan fingerprint density at radius 1 is 1.31 bits per heavy atom. The van der Waals surface area contributed by atoms with Crippen molar-refractivity contribution < 1.29 is 0 Å². The van der Waals surface area contributed by atoms with Gasteiger partial charge in [-0.15, -0.1) is 0 Å². The zero-order valence-electron chi connectivity index (χ0n) is 10.6. The van der Waals surface area contributed by atoms with Crippen LogP contribution in [0.1, 0.15) is 44.4 Å². The first kappa shape index (κ1) is 13.6. The molecule has 0 heterocycles. The molecule has 0 fully saturated rings. The van der Waals surface area contributed by atoms with Crippen molar-refractivity contribution in [2.45, 2.75) is 44.9 Å². The standard InChI is InChI=1S/C14H23NS/c1-4-6-12-7-5-8-13(9-12)14(15)10-16-11(2)3/h5,7-9,11,14H,4,6,10,15H2,1-3H3. The summed E-state index contributed by atoms with van der Waals surface area (Å²) in [5.74, 6) is 1.01. The van der Waals surface area contributed by atoms with Crippen LogP contribution in [0, 0.1) is 0 Å². The van der Waals surface area contributed by atoms with Crippen molar-refractivity contribution in [2.75, 3.05) is 5.75 Å². The largest absolute Gasteiger partial charge is 0.323 e. The van der Waals surface area contributed by atoms with E-state index in [2.05, 4.69) is 45.0 Å². The average Bonchev–Trinajstić information content (AvgIpc) is 2.26. The first-order valence-electron chi connectivity index (χ1n) is 6.09. The van der Waals surface area contributed by atoms with Gasteiger partial charge < -0.3 is 5.73 Å². The van der Waals surface area contributed by atoms with Gasteiger partial charge in [-0.1, -0.05) is 51.5 Å². The highest BCUT2D eigenvalue weighted by molar-refractivity contribution is 7.99. The molecule has 0 aliphatic rings. The maximum atomic E-state index is 6.19. The molecule has 0 aliphatic heterocycles. The molecule has 0 saturated heterocycles. The van der Waals surface area contributed by atoms with Gasteiger partial charge in [0, 0.05) is 11.8 Å². The van der Waals surface area contributed by atoms with Gasteiger partial charge in [-0.3, -0.25) is 0 Å². The highest BCUT2D eigenvalue weighted by Crippen LogP contribution is 2.20. The molecule has 0 spiro atoms. The summed E-state index contributed by atoms with van der Waals surface area (Å²) in [5, 5.41) is 0.657. The van der Waals surface area contributed by atoms with E-state index in [4.69, 9.17) is 5.73 Å². The predicted octanol–water partition coefficient (Wildman–Crippen LogP) is 3.78.